The summed E-state index contributed by atoms with van der Waals surface area (Å²) in [7, 11) is 0. The summed E-state index contributed by atoms with van der Waals surface area (Å²) in [4.78, 5) is 37.6. The van der Waals surface area contributed by atoms with E-state index in [1.807, 2.05) is 0 Å². The molecule has 0 aliphatic heterocycles. The van der Waals surface area contributed by atoms with Crippen LogP contribution in [0.3, 0.4) is 0 Å². The Morgan fingerprint density at radius 1 is 0.362 bits per heavy atom. The quantitative estimate of drug-likeness (QED) is 0.0264. The highest BCUT2D eigenvalue weighted by atomic mass is 16.6. The fourth-order valence-electron chi connectivity index (χ4n) is 6.33. The van der Waals surface area contributed by atoms with Crippen molar-refractivity contribution in [1.82, 2.24) is 0 Å². The van der Waals surface area contributed by atoms with Crippen molar-refractivity contribution in [1.29, 1.82) is 0 Å². The van der Waals surface area contributed by atoms with Gasteiger partial charge in [0.25, 0.3) is 0 Å². The first kappa shape index (κ1) is 54.9. The third-order valence-electron chi connectivity index (χ3n) is 9.95. The van der Waals surface area contributed by atoms with Gasteiger partial charge in [0, 0.05) is 19.3 Å². The number of carbonyl (C=O) groups is 3. The third-order valence-corrected chi connectivity index (χ3v) is 9.95. The summed E-state index contributed by atoms with van der Waals surface area (Å²) < 4.78 is 16.6. The molecule has 0 aliphatic carbocycles. The standard InChI is InChI=1S/C52H88O6/c1-4-7-10-13-15-17-19-21-23-24-25-26-27-28-29-31-32-34-36-39-42-45-51(54)57-48-49(47-56-50(53)44-41-38-12-9-6-3)58-52(55)46-43-40-37-35-33-30-22-20-18-16-14-11-8-5-2/h7,10,14-17,20-23,25-26,49H,4-6,8-9,11-13,18-19,24,27-48H2,1-3H3/b10-7-,16-14-,17-15-,22-20-,23-21-,26-25-. The largest absolute Gasteiger partial charge is 0.462 e. The van der Waals surface area contributed by atoms with Gasteiger partial charge in [0.1, 0.15) is 13.2 Å². The average molecular weight is 809 g/mol. The molecule has 6 heteroatoms. The van der Waals surface area contributed by atoms with E-state index in [1.165, 1.54) is 57.8 Å². The van der Waals surface area contributed by atoms with E-state index < -0.39 is 6.10 Å². The summed E-state index contributed by atoms with van der Waals surface area (Å²) >= 11 is 0. The lowest BCUT2D eigenvalue weighted by Crippen LogP contribution is -2.30. The molecule has 6 nitrogen and oxygen atoms in total. The second kappa shape index (κ2) is 46.5. The van der Waals surface area contributed by atoms with Gasteiger partial charge in [-0.05, 0) is 83.5 Å². The highest BCUT2D eigenvalue weighted by Gasteiger charge is 2.19. The molecule has 1 unspecified atom stereocenters. The van der Waals surface area contributed by atoms with E-state index in [-0.39, 0.29) is 31.1 Å². The molecule has 0 bridgehead atoms. The van der Waals surface area contributed by atoms with Crippen molar-refractivity contribution in [3.05, 3.63) is 72.9 Å². The van der Waals surface area contributed by atoms with Gasteiger partial charge in [-0.2, -0.15) is 0 Å². The Balaban J connectivity index is 4.21. The molecule has 0 radical (unpaired) electrons. The zero-order valence-corrected chi connectivity index (χ0v) is 37.8. The third kappa shape index (κ3) is 44.0. The van der Waals surface area contributed by atoms with Crippen LogP contribution in [0.2, 0.25) is 0 Å². The first-order valence-corrected chi connectivity index (χ1v) is 23.9. The monoisotopic (exact) mass is 809 g/mol. The molecule has 0 aliphatic rings. The SMILES string of the molecule is CC/C=C\C/C=C\C/C=C\C/C=C\CCCCCCCCCCC(=O)OCC(COC(=O)CCCCCCC)OC(=O)CCCCCCC/C=C\C/C=C\CCCC. The van der Waals surface area contributed by atoms with Crippen LogP contribution in [0.5, 0.6) is 0 Å². The van der Waals surface area contributed by atoms with Crippen molar-refractivity contribution >= 4 is 17.9 Å². The maximum atomic E-state index is 12.7. The molecule has 0 fully saturated rings. The van der Waals surface area contributed by atoms with Crippen LogP contribution in [0.15, 0.2) is 72.9 Å². The van der Waals surface area contributed by atoms with E-state index in [2.05, 4.69) is 93.7 Å². The lowest BCUT2D eigenvalue weighted by atomic mass is 10.1. The van der Waals surface area contributed by atoms with Crippen LogP contribution in [0, 0.1) is 0 Å². The number of unbranched alkanes of at least 4 members (excludes halogenated alkanes) is 19. The number of ether oxygens (including phenoxy) is 3. The number of allylic oxidation sites excluding steroid dienone is 12. The molecule has 0 heterocycles. The predicted molar refractivity (Wildman–Crippen MR) is 247 cm³/mol. The fraction of sp³-hybridized carbons (Fsp3) is 0.712. The van der Waals surface area contributed by atoms with E-state index in [4.69, 9.17) is 14.2 Å². The van der Waals surface area contributed by atoms with Crippen LogP contribution in [-0.2, 0) is 28.6 Å². The second-order valence-corrected chi connectivity index (χ2v) is 15.6. The van der Waals surface area contributed by atoms with Crippen molar-refractivity contribution < 1.29 is 28.6 Å². The zero-order valence-electron chi connectivity index (χ0n) is 37.8. The molecule has 1 atom stereocenters. The summed E-state index contributed by atoms with van der Waals surface area (Å²) in [6.07, 6.45) is 57.7. The molecule has 0 spiro atoms. The molecule has 58 heavy (non-hydrogen) atoms. The molecule has 0 amide bonds. The Bertz CT molecular complexity index is 1110. The van der Waals surface area contributed by atoms with Crippen LogP contribution in [0.1, 0.15) is 220 Å². The van der Waals surface area contributed by atoms with E-state index in [0.29, 0.717) is 19.3 Å². The Labute approximate surface area is 357 Å². The molecule has 0 N–H and O–H groups in total. The van der Waals surface area contributed by atoms with E-state index in [9.17, 15) is 14.4 Å². The number of carbonyl (C=O) groups excluding carboxylic acids is 3. The van der Waals surface area contributed by atoms with Gasteiger partial charge in [0.15, 0.2) is 6.10 Å². The van der Waals surface area contributed by atoms with Crippen molar-refractivity contribution in [2.24, 2.45) is 0 Å². The van der Waals surface area contributed by atoms with Crippen LogP contribution < -0.4 is 0 Å². The highest BCUT2D eigenvalue weighted by molar-refractivity contribution is 5.71. The maximum Gasteiger partial charge on any atom is 0.306 e. The minimum Gasteiger partial charge on any atom is -0.462 e. The average Bonchev–Trinajstić information content (AvgIpc) is 3.22. The fourth-order valence-corrected chi connectivity index (χ4v) is 6.33. The Morgan fingerprint density at radius 2 is 0.690 bits per heavy atom. The summed E-state index contributed by atoms with van der Waals surface area (Å²) in [6.45, 7) is 6.37. The van der Waals surface area contributed by atoms with Gasteiger partial charge < -0.3 is 14.2 Å². The van der Waals surface area contributed by atoms with Gasteiger partial charge in [-0.3, -0.25) is 14.4 Å². The van der Waals surface area contributed by atoms with Gasteiger partial charge in [0.2, 0.25) is 0 Å². The topological polar surface area (TPSA) is 78.9 Å². The number of esters is 3. The molecule has 332 valence electrons. The van der Waals surface area contributed by atoms with Gasteiger partial charge in [0.05, 0.1) is 0 Å². The van der Waals surface area contributed by atoms with Gasteiger partial charge >= 0.3 is 17.9 Å². The summed E-state index contributed by atoms with van der Waals surface area (Å²) in [6, 6.07) is 0. The van der Waals surface area contributed by atoms with Crippen molar-refractivity contribution in [3.8, 4) is 0 Å². The highest BCUT2D eigenvalue weighted by Crippen LogP contribution is 2.13. The Hall–Kier alpha value is -3.15. The molecule has 0 aromatic carbocycles. The first-order valence-electron chi connectivity index (χ1n) is 23.9. The van der Waals surface area contributed by atoms with E-state index in [1.54, 1.807) is 0 Å². The molecular formula is C52H88O6. The molecule has 0 saturated carbocycles. The van der Waals surface area contributed by atoms with Crippen molar-refractivity contribution in [2.75, 3.05) is 13.2 Å². The predicted octanol–water partition coefficient (Wildman–Crippen LogP) is 15.5. The molecular weight excluding hydrogens is 721 g/mol. The van der Waals surface area contributed by atoms with Crippen molar-refractivity contribution in [2.45, 2.75) is 226 Å². The number of hydrogen-bond donors (Lipinski definition) is 0. The lowest BCUT2D eigenvalue weighted by molar-refractivity contribution is -0.167. The Kier molecular flexibility index (Phi) is 44.0. The number of hydrogen-bond acceptors (Lipinski definition) is 6. The van der Waals surface area contributed by atoms with Crippen LogP contribution in [0.25, 0.3) is 0 Å². The smallest absolute Gasteiger partial charge is 0.306 e. The van der Waals surface area contributed by atoms with Gasteiger partial charge in [-0.1, -0.05) is 190 Å². The minimum atomic E-state index is -0.781. The van der Waals surface area contributed by atoms with Crippen molar-refractivity contribution in [3.63, 3.8) is 0 Å². The molecule has 0 saturated heterocycles. The van der Waals surface area contributed by atoms with E-state index in [0.717, 1.165) is 122 Å². The van der Waals surface area contributed by atoms with Gasteiger partial charge in [-0.25, -0.2) is 0 Å². The number of rotatable bonds is 42. The van der Waals surface area contributed by atoms with Gasteiger partial charge in [-0.15, -0.1) is 0 Å². The zero-order chi connectivity index (χ0) is 42.3. The minimum absolute atomic E-state index is 0.0850. The summed E-state index contributed by atoms with van der Waals surface area (Å²) in [5.74, 6) is -0.924. The Morgan fingerprint density at radius 3 is 1.10 bits per heavy atom. The maximum absolute atomic E-state index is 12.7. The molecule has 0 rings (SSSR count). The van der Waals surface area contributed by atoms with E-state index >= 15 is 0 Å². The van der Waals surface area contributed by atoms with Crippen LogP contribution in [-0.4, -0.2) is 37.2 Å². The molecule has 0 aromatic rings. The summed E-state index contributed by atoms with van der Waals surface area (Å²) in [5.41, 5.74) is 0. The van der Waals surface area contributed by atoms with Crippen LogP contribution >= 0.6 is 0 Å². The van der Waals surface area contributed by atoms with Crippen LogP contribution in [0.4, 0.5) is 0 Å². The lowest BCUT2D eigenvalue weighted by Gasteiger charge is -2.18. The molecule has 0 aromatic heterocycles. The summed E-state index contributed by atoms with van der Waals surface area (Å²) in [5, 5.41) is 0. The first-order chi connectivity index (χ1) is 28.5. The normalized spacial score (nSPS) is 12.7. The second-order valence-electron chi connectivity index (χ2n) is 15.6.